The van der Waals surface area contributed by atoms with E-state index in [9.17, 15) is 14.4 Å². The number of fused-ring (bicyclic) bond motifs is 1. The van der Waals surface area contributed by atoms with Gasteiger partial charge in [0.05, 0.1) is 29.2 Å². The molecule has 1 amide bonds. The van der Waals surface area contributed by atoms with Crippen molar-refractivity contribution in [2.75, 3.05) is 17.4 Å². The Kier molecular flexibility index (Phi) is 6.10. The molecule has 2 aromatic carbocycles. The number of carbonyl (C=O) groups excluding carboxylic acids is 1. The van der Waals surface area contributed by atoms with Gasteiger partial charge in [-0.1, -0.05) is 55.4 Å². The molecule has 0 unspecified atom stereocenters. The quantitative estimate of drug-likeness (QED) is 0.650. The monoisotopic (exact) mass is 421 g/mol. The van der Waals surface area contributed by atoms with Crippen molar-refractivity contribution < 1.29 is 9.18 Å². The van der Waals surface area contributed by atoms with E-state index in [-0.39, 0.29) is 18.1 Å². The zero-order valence-corrected chi connectivity index (χ0v) is 17.8. The number of benzene rings is 2. The highest BCUT2D eigenvalue weighted by Crippen LogP contribution is 2.43. The summed E-state index contributed by atoms with van der Waals surface area (Å²) in [6.45, 7) is 2.59. The van der Waals surface area contributed by atoms with E-state index in [0.717, 1.165) is 12.1 Å². The van der Waals surface area contributed by atoms with Crippen LogP contribution in [0, 0.1) is 17.1 Å². The summed E-state index contributed by atoms with van der Waals surface area (Å²) in [5.41, 5.74) is 3.28. The second kappa shape index (κ2) is 8.93. The van der Waals surface area contributed by atoms with Crippen molar-refractivity contribution in [3.63, 3.8) is 0 Å². The molecule has 4 nitrogen and oxygen atoms in total. The number of allylic oxidation sites excluding steroid dienone is 1. The Labute approximate surface area is 181 Å². The van der Waals surface area contributed by atoms with Gasteiger partial charge in [-0.2, -0.15) is 5.26 Å². The topological polar surface area (TPSA) is 47.3 Å². The molecule has 0 bridgehead atoms. The highest BCUT2D eigenvalue weighted by atomic mass is 32.2. The molecule has 0 saturated carbocycles. The third kappa shape index (κ3) is 3.95. The number of hydrogen-bond donors (Lipinski definition) is 0. The summed E-state index contributed by atoms with van der Waals surface area (Å²) in [5, 5.41) is 10.5. The molecule has 1 fully saturated rings. The number of nitrogens with zero attached hydrogens (tertiary/aromatic N) is 3. The first-order chi connectivity index (χ1) is 14.6. The van der Waals surface area contributed by atoms with Crippen molar-refractivity contribution in [2.24, 2.45) is 0 Å². The predicted octanol–water partition coefficient (Wildman–Crippen LogP) is 5.39. The van der Waals surface area contributed by atoms with Crippen LogP contribution in [0.2, 0.25) is 0 Å². The second-order valence-electron chi connectivity index (χ2n) is 7.66. The lowest BCUT2D eigenvalue weighted by atomic mass is 9.86. The van der Waals surface area contributed by atoms with Gasteiger partial charge in [-0.05, 0) is 42.2 Å². The van der Waals surface area contributed by atoms with E-state index in [1.807, 2.05) is 0 Å². The van der Waals surface area contributed by atoms with Gasteiger partial charge in [0, 0.05) is 18.0 Å². The summed E-state index contributed by atoms with van der Waals surface area (Å²) in [6.07, 6.45) is 3.53. The van der Waals surface area contributed by atoms with Crippen LogP contribution in [0.5, 0.6) is 0 Å². The second-order valence-corrected chi connectivity index (χ2v) is 8.59. The normalized spacial score (nSPS) is 19.0. The van der Waals surface area contributed by atoms with E-state index < -0.39 is 5.92 Å². The first-order valence-corrected chi connectivity index (χ1v) is 11.3. The molecule has 1 saturated heterocycles. The Balaban J connectivity index is 1.58. The summed E-state index contributed by atoms with van der Waals surface area (Å²) in [6, 6.07) is 17.2. The summed E-state index contributed by atoms with van der Waals surface area (Å²) >= 11 is 1.47. The Hall–Kier alpha value is -2.78. The Morgan fingerprint density at radius 3 is 2.67 bits per heavy atom. The van der Waals surface area contributed by atoms with E-state index in [1.165, 1.54) is 36.2 Å². The molecule has 30 heavy (non-hydrogen) atoms. The maximum absolute atomic E-state index is 14.4. The lowest BCUT2D eigenvalue weighted by Gasteiger charge is -2.42. The fraction of sp³-hybridized carbons (Fsp3) is 0.333. The zero-order valence-electron chi connectivity index (χ0n) is 17.0. The molecule has 1 atom stereocenters. The fourth-order valence-corrected chi connectivity index (χ4v) is 5.17. The van der Waals surface area contributed by atoms with Crippen molar-refractivity contribution in [1.82, 2.24) is 4.90 Å². The maximum Gasteiger partial charge on any atom is 0.229 e. The summed E-state index contributed by atoms with van der Waals surface area (Å²) < 4.78 is 14.4. The van der Waals surface area contributed by atoms with E-state index in [4.69, 9.17) is 0 Å². The van der Waals surface area contributed by atoms with Crippen LogP contribution in [0.3, 0.4) is 0 Å². The summed E-state index contributed by atoms with van der Waals surface area (Å²) in [5.74, 6) is -0.327. The molecule has 2 aliphatic heterocycles. The molecule has 2 aromatic rings. The van der Waals surface area contributed by atoms with Crippen molar-refractivity contribution in [1.29, 1.82) is 5.26 Å². The average Bonchev–Trinajstić information content (AvgIpc) is 2.78. The molecule has 6 heteroatoms. The standard InChI is InChI=1S/C24H24FN3OS/c1-2-3-6-17-9-11-18(12-10-17)27-15-28-23(29)13-20(19-7-4-5-8-22(19)25)21(14-26)24(28)30-16-27/h4-5,7-12,20H,2-3,6,13,15-16H2,1H3/t20-/m0/s1. The minimum atomic E-state index is -0.521. The number of anilines is 1. The Morgan fingerprint density at radius 1 is 1.20 bits per heavy atom. The highest BCUT2D eigenvalue weighted by Gasteiger charge is 2.39. The van der Waals surface area contributed by atoms with Crippen LogP contribution in [0.4, 0.5) is 10.1 Å². The van der Waals surface area contributed by atoms with E-state index in [1.54, 1.807) is 23.1 Å². The third-order valence-electron chi connectivity index (χ3n) is 5.69. The Bertz CT molecular complexity index is 1010. The number of hydrogen-bond acceptors (Lipinski definition) is 4. The van der Waals surface area contributed by atoms with Gasteiger partial charge in [-0.25, -0.2) is 4.39 Å². The molecule has 2 aliphatic rings. The molecule has 4 rings (SSSR count). The van der Waals surface area contributed by atoms with Gasteiger partial charge < -0.3 is 4.90 Å². The smallest absolute Gasteiger partial charge is 0.229 e. The number of rotatable bonds is 5. The van der Waals surface area contributed by atoms with E-state index in [2.05, 4.69) is 42.2 Å². The van der Waals surface area contributed by atoms with Gasteiger partial charge in [-0.3, -0.25) is 9.69 Å². The number of amides is 1. The molecule has 0 spiro atoms. The first kappa shape index (κ1) is 20.5. The highest BCUT2D eigenvalue weighted by molar-refractivity contribution is 8.03. The van der Waals surface area contributed by atoms with Gasteiger partial charge >= 0.3 is 0 Å². The Morgan fingerprint density at radius 2 is 1.97 bits per heavy atom. The van der Waals surface area contributed by atoms with E-state index >= 15 is 0 Å². The van der Waals surface area contributed by atoms with Crippen LogP contribution in [-0.2, 0) is 11.2 Å². The molecular weight excluding hydrogens is 397 g/mol. The minimum Gasteiger partial charge on any atom is -0.344 e. The van der Waals surface area contributed by atoms with Crippen molar-refractivity contribution in [3.8, 4) is 6.07 Å². The van der Waals surface area contributed by atoms with Gasteiger partial charge in [0.25, 0.3) is 0 Å². The molecule has 0 radical (unpaired) electrons. The number of aryl methyl sites for hydroxylation is 1. The van der Waals surface area contributed by atoms with Gasteiger partial charge in [0.2, 0.25) is 5.91 Å². The van der Waals surface area contributed by atoms with Gasteiger partial charge in [-0.15, -0.1) is 0 Å². The van der Waals surface area contributed by atoms with Gasteiger partial charge in [0.15, 0.2) is 0 Å². The SMILES string of the molecule is CCCCc1ccc(N2CSC3=C(C#N)[C@H](c4ccccc4F)CC(=O)N3C2)cc1. The van der Waals surface area contributed by atoms with Crippen LogP contribution in [0.15, 0.2) is 59.1 Å². The number of carbonyl (C=O) groups is 1. The van der Waals surface area contributed by atoms with Crippen LogP contribution >= 0.6 is 11.8 Å². The van der Waals surface area contributed by atoms with Crippen LogP contribution in [0.25, 0.3) is 0 Å². The van der Waals surface area contributed by atoms with Crippen LogP contribution in [-0.4, -0.2) is 23.4 Å². The molecular formula is C24H24FN3OS. The van der Waals surface area contributed by atoms with Crippen molar-refractivity contribution in [2.45, 2.75) is 38.5 Å². The number of unbranched alkanes of at least 4 members (excludes halogenated alkanes) is 1. The summed E-state index contributed by atoms with van der Waals surface area (Å²) in [4.78, 5) is 16.8. The molecule has 2 heterocycles. The maximum atomic E-state index is 14.4. The first-order valence-electron chi connectivity index (χ1n) is 10.3. The lowest BCUT2D eigenvalue weighted by molar-refractivity contribution is -0.129. The minimum absolute atomic E-state index is 0.0750. The van der Waals surface area contributed by atoms with E-state index in [0.29, 0.717) is 28.7 Å². The molecule has 154 valence electrons. The average molecular weight is 422 g/mol. The molecule has 0 aliphatic carbocycles. The predicted molar refractivity (Wildman–Crippen MR) is 118 cm³/mol. The largest absolute Gasteiger partial charge is 0.344 e. The van der Waals surface area contributed by atoms with Crippen LogP contribution in [0.1, 0.15) is 43.2 Å². The number of thioether (sulfide) groups is 1. The fourth-order valence-electron chi connectivity index (χ4n) is 4.00. The summed E-state index contributed by atoms with van der Waals surface area (Å²) in [7, 11) is 0. The number of halogens is 1. The van der Waals surface area contributed by atoms with Gasteiger partial charge in [0.1, 0.15) is 5.82 Å². The number of nitriles is 1. The van der Waals surface area contributed by atoms with Crippen LogP contribution < -0.4 is 4.90 Å². The molecule has 0 aromatic heterocycles. The third-order valence-corrected chi connectivity index (χ3v) is 6.85. The molecule has 0 N–H and O–H groups in total. The van der Waals surface area contributed by atoms with Crippen molar-refractivity contribution >= 4 is 23.4 Å². The lowest BCUT2D eigenvalue weighted by Crippen LogP contribution is -2.47. The van der Waals surface area contributed by atoms with Crippen molar-refractivity contribution in [3.05, 3.63) is 76.1 Å². The zero-order chi connectivity index (χ0) is 21.1.